The van der Waals surface area contributed by atoms with Crippen molar-refractivity contribution in [2.24, 2.45) is 0 Å². The predicted octanol–water partition coefficient (Wildman–Crippen LogP) is 2.86. The molecule has 2 aliphatic rings. The van der Waals surface area contributed by atoms with Crippen LogP contribution in [-0.4, -0.2) is 49.2 Å². The molecule has 1 aliphatic heterocycles. The number of nitrogens with zero attached hydrogens (tertiary/aromatic N) is 1. The lowest BCUT2D eigenvalue weighted by molar-refractivity contribution is -0.275. The third-order valence-electron chi connectivity index (χ3n) is 5.01. The minimum Gasteiger partial charge on any atom is -0.493 e. The number of hydrogen-bond donors (Lipinski definition) is 1. The van der Waals surface area contributed by atoms with Crippen LogP contribution in [-0.2, 0) is 5.41 Å². The molecule has 3 rings (SSSR count). The fraction of sp³-hybridized carbons (Fsp3) is 0.529. The van der Waals surface area contributed by atoms with E-state index in [1.165, 1.54) is 19.2 Å². The van der Waals surface area contributed by atoms with Crippen LogP contribution in [0.1, 0.15) is 18.4 Å². The third kappa shape index (κ3) is 2.98. The Balaban J connectivity index is 2.05. The van der Waals surface area contributed by atoms with E-state index in [1.54, 1.807) is 12.1 Å². The quantitative estimate of drug-likeness (QED) is 0.857. The van der Waals surface area contributed by atoms with Crippen molar-refractivity contribution in [2.45, 2.75) is 36.8 Å². The van der Waals surface area contributed by atoms with Gasteiger partial charge in [-0.05, 0) is 44.1 Å². The number of aliphatic hydroxyl groups is 1. The van der Waals surface area contributed by atoms with Gasteiger partial charge in [0.1, 0.15) is 0 Å². The number of fused-ring (bicyclic) bond motifs is 1. The molecule has 132 valence electrons. The fourth-order valence-electron chi connectivity index (χ4n) is 3.86. The van der Waals surface area contributed by atoms with Gasteiger partial charge in [0, 0.05) is 11.5 Å². The van der Waals surface area contributed by atoms with Gasteiger partial charge in [0.15, 0.2) is 11.5 Å². The average molecular weight is 343 g/mol. The summed E-state index contributed by atoms with van der Waals surface area (Å²) in [6, 6.07) is 4.71. The number of hydrogen-bond acceptors (Lipinski definition) is 4. The molecule has 1 aromatic carbocycles. The number of ether oxygens (including phenoxy) is 2. The highest BCUT2D eigenvalue weighted by atomic mass is 19.4. The third-order valence-corrected chi connectivity index (χ3v) is 5.01. The summed E-state index contributed by atoms with van der Waals surface area (Å²) >= 11 is 0. The van der Waals surface area contributed by atoms with Crippen LogP contribution in [0.4, 0.5) is 13.2 Å². The molecular weight excluding hydrogens is 323 g/mol. The normalized spacial score (nSPS) is 30.2. The highest BCUT2D eigenvalue weighted by Crippen LogP contribution is 2.47. The summed E-state index contributed by atoms with van der Waals surface area (Å²) in [4.78, 5) is 2.14. The van der Waals surface area contributed by atoms with E-state index in [0.29, 0.717) is 6.42 Å². The van der Waals surface area contributed by atoms with E-state index in [9.17, 15) is 18.3 Å². The Labute approximate surface area is 138 Å². The largest absolute Gasteiger partial charge is 0.573 e. The van der Waals surface area contributed by atoms with Gasteiger partial charge in [0.25, 0.3) is 0 Å². The number of aliphatic hydroxyl groups excluding tert-OH is 1. The van der Waals surface area contributed by atoms with Gasteiger partial charge in [-0.3, -0.25) is 0 Å². The molecular formula is C17H20F3NO3. The monoisotopic (exact) mass is 343 g/mol. The number of halogens is 3. The first kappa shape index (κ1) is 17.1. The molecule has 1 N–H and O–H groups in total. The van der Waals surface area contributed by atoms with E-state index < -0.39 is 17.9 Å². The van der Waals surface area contributed by atoms with Crippen LogP contribution in [0.3, 0.4) is 0 Å². The Morgan fingerprint density at radius 1 is 1.29 bits per heavy atom. The van der Waals surface area contributed by atoms with Crippen LogP contribution in [0.2, 0.25) is 0 Å². The first-order valence-electron chi connectivity index (χ1n) is 7.77. The molecule has 0 aromatic heterocycles. The minimum atomic E-state index is -4.78. The second kappa shape index (κ2) is 5.97. The van der Waals surface area contributed by atoms with Crippen molar-refractivity contribution in [3.8, 4) is 11.5 Å². The van der Waals surface area contributed by atoms with Gasteiger partial charge in [-0.2, -0.15) is 0 Å². The van der Waals surface area contributed by atoms with Gasteiger partial charge in [0.2, 0.25) is 0 Å². The van der Waals surface area contributed by atoms with Gasteiger partial charge >= 0.3 is 6.36 Å². The van der Waals surface area contributed by atoms with Gasteiger partial charge in [-0.25, -0.2) is 0 Å². The lowest BCUT2D eigenvalue weighted by atomic mass is 9.69. The van der Waals surface area contributed by atoms with Crippen molar-refractivity contribution in [1.29, 1.82) is 0 Å². The molecule has 0 amide bonds. The number of alkyl halides is 3. The zero-order valence-corrected chi connectivity index (χ0v) is 13.5. The van der Waals surface area contributed by atoms with Crippen LogP contribution in [0, 0.1) is 0 Å². The number of methoxy groups -OCH3 is 1. The minimum absolute atomic E-state index is 0.0321. The lowest BCUT2D eigenvalue weighted by Gasteiger charge is -2.39. The van der Waals surface area contributed by atoms with Crippen molar-refractivity contribution in [3.05, 3.63) is 35.9 Å². The zero-order chi connectivity index (χ0) is 17.5. The molecule has 1 aromatic rings. The maximum Gasteiger partial charge on any atom is 0.573 e. The van der Waals surface area contributed by atoms with E-state index in [-0.39, 0.29) is 17.5 Å². The molecule has 0 radical (unpaired) electrons. The highest BCUT2D eigenvalue weighted by Gasteiger charge is 2.48. The summed E-state index contributed by atoms with van der Waals surface area (Å²) in [5, 5.41) is 9.92. The Morgan fingerprint density at radius 2 is 2.04 bits per heavy atom. The number of likely N-dealkylation sites (tertiary alicyclic amines) is 1. The second-order valence-corrected chi connectivity index (χ2v) is 6.36. The predicted molar refractivity (Wildman–Crippen MR) is 82.2 cm³/mol. The fourth-order valence-corrected chi connectivity index (χ4v) is 3.86. The van der Waals surface area contributed by atoms with E-state index in [4.69, 9.17) is 4.74 Å². The van der Waals surface area contributed by atoms with Crippen molar-refractivity contribution < 1.29 is 27.8 Å². The second-order valence-electron chi connectivity index (χ2n) is 6.36. The molecule has 0 saturated carbocycles. The summed E-state index contributed by atoms with van der Waals surface area (Å²) in [6.07, 6.45) is -0.344. The molecule has 0 bridgehead atoms. The highest BCUT2D eigenvalue weighted by molar-refractivity contribution is 5.48. The van der Waals surface area contributed by atoms with Crippen LogP contribution in [0.15, 0.2) is 30.4 Å². The van der Waals surface area contributed by atoms with E-state index in [1.807, 2.05) is 13.1 Å². The van der Waals surface area contributed by atoms with Crippen LogP contribution >= 0.6 is 0 Å². The molecule has 0 spiro atoms. The van der Waals surface area contributed by atoms with Crippen molar-refractivity contribution in [3.63, 3.8) is 0 Å². The first-order valence-corrected chi connectivity index (χ1v) is 7.77. The number of benzene rings is 1. The SMILES string of the molecule is COc1ccc([C@@]23C=C[C@H](O)C[C@@H]2N(C)CC3)cc1OC(F)(F)F. The molecule has 1 heterocycles. The summed E-state index contributed by atoms with van der Waals surface area (Å²) in [5.74, 6) is -0.306. The Morgan fingerprint density at radius 3 is 2.71 bits per heavy atom. The Bertz CT molecular complexity index is 646. The Kier molecular flexibility index (Phi) is 4.25. The molecule has 7 heteroatoms. The van der Waals surface area contributed by atoms with Crippen molar-refractivity contribution in [2.75, 3.05) is 20.7 Å². The summed E-state index contributed by atoms with van der Waals surface area (Å²) in [7, 11) is 3.27. The zero-order valence-electron chi connectivity index (χ0n) is 13.5. The standard InChI is InChI=1S/C17H20F3NO3/c1-21-8-7-16(6-5-12(22)10-15(16)21)11-3-4-13(23-2)14(9-11)24-17(18,19)20/h3-6,9,12,15,22H,7-8,10H2,1-2H3/t12-,15-,16-/m0/s1. The maximum absolute atomic E-state index is 12.7. The van der Waals surface area contributed by atoms with E-state index in [2.05, 4.69) is 9.64 Å². The molecule has 3 atom stereocenters. The maximum atomic E-state index is 12.7. The van der Waals surface area contributed by atoms with Crippen LogP contribution < -0.4 is 9.47 Å². The molecule has 4 nitrogen and oxygen atoms in total. The van der Waals surface area contributed by atoms with Crippen LogP contribution in [0.5, 0.6) is 11.5 Å². The molecule has 0 unspecified atom stereocenters. The summed E-state index contributed by atoms with van der Waals surface area (Å²) in [5.41, 5.74) is 0.310. The van der Waals surface area contributed by atoms with Gasteiger partial charge in [0.05, 0.1) is 13.2 Å². The van der Waals surface area contributed by atoms with Crippen molar-refractivity contribution in [1.82, 2.24) is 4.90 Å². The lowest BCUT2D eigenvalue weighted by Crippen LogP contribution is -2.44. The van der Waals surface area contributed by atoms with Crippen molar-refractivity contribution >= 4 is 0 Å². The molecule has 1 saturated heterocycles. The number of rotatable bonds is 3. The van der Waals surface area contributed by atoms with Gasteiger partial charge in [-0.1, -0.05) is 18.2 Å². The van der Waals surface area contributed by atoms with Gasteiger partial charge in [-0.15, -0.1) is 13.2 Å². The van der Waals surface area contributed by atoms with Gasteiger partial charge < -0.3 is 19.5 Å². The molecule has 1 aliphatic carbocycles. The Hall–Kier alpha value is -1.73. The molecule has 1 fully saturated rings. The number of likely N-dealkylation sites (N-methyl/N-ethyl adjacent to an activating group) is 1. The van der Waals surface area contributed by atoms with E-state index >= 15 is 0 Å². The topological polar surface area (TPSA) is 41.9 Å². The smallest absolute Gasteiger partial charge is 0.493 e. The van der Waals surface area contributed by atoms with Crippen LogP contribution in [0.25, 0.3) is 0 Å². The summed E-state index contributed by atoms with van der Waals surface area (Å²) in [6.45, 7) is 0.809. The summed E-state index contributed by atoms with van der Waals surface area (Å²) < 4.78 is 47.2. The first-order chi connectivity index (χ1) is 11.2. The van der Waals surface area contributed by atoms with E-state index in [0.717, 1.165) is 18.5 Å². The average Bonchev–Trinajstić information content (AvgIpc) is 2.84. The molecule has 24 heavy (non-hydrogen) atoms.